The number of carbonyl (C=O) groups is 2. The number of nitrogens with zero attached hydrogens (tertiary/aromatic N) is 2. The van der Waals surface area contributed by atoms with E-state index in [0.717, 1.165) is 54.6 Å². The highest BCUT2D eigenvalue weighted by Gasteiger charge is 2.49. The lowest BCUT2D eigenvalue weighted by Crippen LogP contribution is -2.69. The first kappa shape index (κ1) is 24.5. The third-order valence-corrected chi connectivity index (χ3v) is 7.79. The molecule has 0 unspecified atom stereocenters. The minimum Gasteiger partial charge on any atom is -0.497 e. The van der Waals surface area contributed by atoms with Gasteiger partial charge in [0.2, 0.25) is 21.8 Å². The van der Waals surface area contributed by atoms with Gasteiger partial charge in [0.25, 0.3) is 0 Å². The normalized spacial score (nSPS) is 24.0. The van der Waals surface area contributed by atoms with Crippen LogP contribution < -0.4 is 10.1 Å². The summed E-state index contributed by atoms with van der Waals surface area (Å²) in [5, 5.41) is 3.15. The predicted octanol–water partition coefficient (Wildman–Crippen LogP) is 2.29. The first-order chi connectivity index (χ1) is 15.1. The summed E-state index contributed by atoms with van der Waals surface area (Å²) in [6, 6.07) is 7.35. The second-order valence-electron chi connectivity index (χ2n) is 9.15. The van der Waals surface area contributed by atoms with E-state index in [1.165, 1.54) is 11.3 Å². The van der Waals surface area contributed by atoms with Gasteiger partial charge in [-0.05, 0) is 37.5 Å². The van der Waals surface area contributed by atoms with Crippen LogP contribution in [0.3, 0.4) is 0 Å². The van der Waals surface area contributed by atoms with Crippen molar-refractivity contribution in [2.45, 2.75) is 70.0 Å². The number of ether oxygens (including phenoxy) is 1. The minimum atomic E-state index is -3.62. The number of carbonyl (C=O) groups excluding carboxylic acids is 2. The summed E-state index contributed by atoms with van der Waals surface area (Å²) >= 11 is 0. The van der Waals surface area contributed by atoms with Gasteiger partial charge < -0.3 is 15.0 Å². The maximum absolute atomic E-state index is 13.6. The van der Waals surface area contributed by atoms with Crippen molar-refractivity contribution >= 4 is 21.8 Å². The van der Waals surface area contributed by atoms with E-state index in [1.807, 2.05) is 12.1 Å². The topological polar surface area (TPSA) is 96.0 Å². The molecule has 0 bridgehead atoms. The first-order valence-electron chi connectivity index (χ1n) is 11.3. The van der Waals surface area contributed by atoms with Crippen molar-refractivity contribution in [1.29, 1.82) is 0 Å². The van der Waals surface area contributed by atoms with Gasteiger partial charge in [0, 0.05) is 19.1 Å². The molecule has 1 aromatic rings. The van der Waals surface area contributed by atoms with E-state index in [4.69, 9.17) is 4.74 Å². The molecular weight excluding hydrogens is 430 g/mol. The van der Waals surface area contributed by atoms with E-state index in [-0.39, 0.29) is 37.5 Å². The van der Waals surface area contributed by atoms with E-state index < -0.39 is 15.6 Å². The van der Waals surface area contributed by atoms with E-state index >= 15 is 0 Å². The highest BCUT2D eigenvalue weighted by atomic mass is 32.2. The summed E-state index contributed by atoms with van der Waals surface area (Å²) in [5.74, 6) is 0.0258. The molecule has 8 nitrogen and oxygen atoms in total. The van der Waals surface area contributed by atoms with E-state index in [9.17, 15) is 18.0 Å². The van der Waals surface area contributed by atoms with Crippen molar-refractivity contribution < 1.29 is 22.7 Å². The number of benzene rings is 1. The van der Waals surface area contributed by atoms with Gasteiger partial charge in [-0.2, -0.15) is 4.31 Å². The molecule has 32 heavy (non-hydrogen) atoms. The van der Waals surface area contributed by atoms with Crippen LogP contribution in [0.5, 0.6) is 5.75 Å². The molecule has 9 heteroatoms. The van der Waals surface area contributed by atoms with Gasteiger partial charge in [-0.1, -0.05) is 44.2 Å². The molecule has 1 saturated carbocycles. The van der Waals surface area contributed by atoms with Gasteiger partial charge in [0.05, 0.1) is 19.9 Å². The first-order valence-corrected chi connectivity index (χ1v) is 13.2. The Hall–Kier alpha value is -2.13. The Balaban J connectivity index is 1.86. The number of hydrogen-bond donors (Lipinski definition) is 1. The van der Waals surface area contributed by atoms with Crippen LogP contribution >= 0.6 is 0 Å². The molecule has 2 amide bonds. The third kappa shape index (κ3) is 5.81. The highest BCUT2D eigenvalue weighted by Crippen LogP contribution is 2.28. The van der Waals surface area contributed by atoms with E-state index in [0.29, 0.717) is 5.75 Å². The van der Waals surface area contributed by atoms with Crippen LogP contribution in [0.1, 0.15) is 57.4 Å². The molecule has 0 radical (unpaired) electrons. The van der Waals surface area contributed by atoms with Crippen molar-refractivity contribution in [1.82, 2.24) is 14.5 Å². The molecule has 0 aromatic heterocycles. The number of sulfonamides is 1. The van der Waals surface area contributed by atoms with Gasteiger partial charge in [-0.3, -0.25) is 9.59 Å². The predicted molar refractivity (Wildman–Crippen MR) is 123 cm³/mol. The molecular formula is C23H35N3O5S. The Kier molecular flexibility index (Phi) is 7.82. The molecule has 1 heterocycles. The van der Waals surface area contributed by atoms with Crippen LogP contribution in [0.2, 0.25) is 0 Å². The molecule has 2 aliphatic rings. The second kappa shape index (κ2) is 10.2. The number of hydrogen-bond acceptors (Lipinski definition) is 5. The van der Waals surface area contributed by atoms with Crippen LogP contribution in [0, 0.1) is 0 Å². The molecule has 1 aliphatic heterocycles. The zero-order chi connectivity index (χ0) is 23.4. The van der Waals surface area contributed by atoms with Gasteiger partial charge >= 0.3 is 0 Å². The standard InChI is InChI=1S/C23H35N3O5S/c1-23(22(28)24-19-9-7-5-4-6-8-10-19)17-25(32(3,29)30)16-21(27)26(23)15-18-11-13-20(31-2)14-12-18/h11-14,19H,4-10,15-17H2,1-3H3,(H,24,28)/t23-/m0/s1. The Morgan fingerprint density at radius 3 is 2.28 bits per heavy atom. The molecule has 0 spiro atoms. The Morgan fingerprint density at radius 2 is 1.72 bits per heavy atom. The monoisotopic (exact) mass is 465 g/mol. The molecule has 1 aliphatic carbocycles. The molecule has 3 rings (SSSR count). The smallest absolute Gasteiger partial charge is 0.247 e. The van der Waals surface area contributed by atoms with Gasteiger partial charge in [-0.15, -0.1) is 0 Å². The summed E-state index contributed by atoms with van der Waals surface area (Å²) < 4.78 is 30.8. The number of methoxy groups -OCH3 is 1. The quantitative estimate of drug-likeness (QED) is 0.695. The fourth-order valence-electron chi connectivity index (χ4n) is 4.54. The molecule has 1 aromatic carbocycles. The number of piperazine rings is 1. The molecule has 1 atom stereocenters. The maximum Gasteiger partial charge on any atom is 0.247 e. The van der Waals surface area contributed by atoms with Crippen LogP contribution in [0.4, 0.5) is 0 Å². The Bertz CT molecular complexity index is 910. The minimum absolute atomic E-state index is 0.0474. The van der Waals surface area contributed by atoms with Crippen LogP contribution in [0.15, 0.2) is 24.3 Å². The Labute approximate surface area is 191 Å². The summed E-state index contributed by atoms with van der Waals surface area (Å²) in [4.78, 5) is 28.2. The average molecular weight is 466 g/mol. The van der Waals surface area contributed by atoms with Crippen molar-refractivity contribution in [3.05, 3.63) is 29.8 Å². The fraction of sp³-hybridized carbons (Fsp3) is 0.652. The lowest BCUT2D eigenvalue weighted by atomic mass is 9.92. The van der Waals surface area contributed by atoms with Gasteiger partial charge in [0.1, 0.15) is 11.3 Å². The van der Waals surface area contributed by atoms with Crippen molar-refractivity contribution in [3.8, 4) is 5.75 Å². The zero-order valence-electron chi connectivity index (χ0n) is 19.3. The molecule has 178 valence electrons. The maximum atomic E-state index is 13.6. The third-order valence-electron chi connectivity index (χ3n) is 6.59. The summed E-state index contributed by atoms with van der Waals surface area (Å²) in [7, 11) is -2.04. The van der Waals surface area contributed by atoms with Crippen molar-refractivity contribution in [2.24, 2.45) is 0 Å². The lowest BCUT2D eigenvalue weighted by Gasteiger charge is -2.47. The molecule has 1 saturated heterocycles. The van der Waals surface area contributed by atoms with Crippen LogP contribution in [0.25, 0.3) is 0 Å². The van der Waals surface area contributed by atoms with Gasteiger partial charge in [0.15, 0.2) is 0 Å². The summed E-state index contributed by atoms with van der Waals surface area (Å²) in [5.41, 5.74) is -0.460. The van der Waals surface area contributed by atoms with Crippen LogP contribution in [-0.2, 0) is 26.2 Å². The highest BCUT2D eigenvalue weighted by molar-refractivity contribution is 7.88. The number of amides is 2. The van der Waals surface area contributed by atoms with Gasteiger partial charge in [-0.25, -0.2) is 8.42 Å². The van der Waals surface area contributed by atoms with Crippen molar-refractivity contribution in [3.63, 3.8) is 0 Å². The Morgan fingerprint density at radius 1 is 1.12 bits per heavy atom. The van der Waals surface area contributed by atoms with Crippen LogP contribution in [-0.4, -0.2) is 67.5 Å². The molecule has 2 fully saturated rings. The SMILES string of the molecule is COc1ccc(CN2C(=O)CN(S(C)(=O)=O)C[C@@]2(C)C(=O)NC2CCCCCCC2)cc1. The number of rotatable bonds is 6. The lowest BCUT2D eigenvalue weighted by molar-refractivity contribution is -0.154. The molecule has 1 N–H and O–H groups in total. The average Bonchev–Trinajstić information content (AvgIpc) is 2.72. The second-order valence-corrected chi connectivity index (χ2v) is 11.1. The van der Waals surface area contributed by atoms with Crippen molar-refractivity contribution in [2.75, 3.05) is 26.5 Å². The summed E-state index contributed by atoms with van der Waals surface area (Å²) in [6.45, 7) is 1.56. The summed E-state index contributed by atoms with van der Waals surface area (Å²) in [6.07, 6.45) is 8.56. The van der Waals surface area contributed by atoms with E-state index in [2.05, 4.69) is 5.32 Å². The fourth-order valence-corrected chi connectivity index (χ4v) is 5.37. The van der Waals surface area contributed by atoms with E-state index in [1.54, 1.807) is 26.2 Å². The number of nitrogens with one attached hydrogen (secondary N) is 1. The zero-order valence-corrected chi connectivity index (χ0v) is 20.1. The largest absolute Gasteiger partial charge is 0.497 e.